The molecule has 0 fully saturated rings. The van der Waals surface area contributed by atoms with Gasteiger partial charge in [-0.2, -0.15) is 0 Å². The van der Waals surface area contributed by atoms with Crippen LogP contribution < -0.4 is 51.3 Å². The van der Waals surface area contributed by atoms with Gasteiger partial charge in [0.25, 0.3) is 0 Å². The van der Waals surface area contributed by atoms with Gasteiger partial charge in [0.1, 0.15) is 0 Å². The Balaban J connectivity index is 0.000000519. The average Bonchev–Trinajstić information content (AvgIpc) is 2.73. The van der Waals surface area contributed by atoms with Crippen molar-refractivity contribution in [1.29, 1.82) is 0 Å². The molecule has 0 saturated heterocycles. The number of hydrogen-bond acceptors (Lipinski definition) is 10. The first-order chi connectivity index (χ1) is 16.1. The zero-order valence-electron chi connectivity index (χ0n) is 18.8. The smallest absolute Gasteiger partial charge is 0.180 e. The first-order valence-corrected chi connectivity index (χ1v) is 12.2. The van der Waals surface area contributed by atoms with Crippen LogP contribution in [0.2, 0.25) is 0 Å². The van der Waals surface area contributed by atoms with E-state index in [1.54, 1.807) is 0 Å². The van der Waals surface area contributed by atoms with Crippen molar-refractivity contribution in [2.24, 2.45) is 0 Å². The van der Waals surface area contributed by atoms with Crippen molar-refractivity contribution in [3.05, 3.63) is 79.4 Å². The quantitative estimate of drug-likeness (QED) is 0.295. The van der Waals surface area contributed by atoms with Crippen LogP contribution in [0, 0.1) is 20.5 Å². The highest BCUT2D eigenvalue weighted by Gasteiger charge is 2.16. The predicted molar refractivity (Wildman–Crippen MR) is 99.0 cm³/mol. The van der Waals surface area contributed by atoms with Crippen molar-refractivity contribution in [3.8, 4) is 11.1 Å². The van der Waals surface area contributed by atoms with Crippen molar-refractivity contribution in [2.75, 3.05) is 19.0 Å². The van der Waals surface area contributed by atoms with Gasteiger partial charge >= 0.3 is 0 Å². The molecule has 1 unspecified atom stereocenters. The van der Waals surface area contributed by atoms with E-state index >= 15 is 0 Å². The van der Waals surface area contributed by atoms with Crippen molar-refractivity contribution < 1.29 is 72.0 Å². The zero-order valence-corrected chi connectivity index (χ0v) is 20.3. The van der Waals surface area contributed by atoms with Crippen LogP contribution in [-0.2, 0) is 13.1 Å². The summed E-state index contributed by atoms with van der Waals surface area (Å²) >= 11 is 0. The number of halogens is 2. The average molecular weight is 534 g/mol. The van der Waals surface area contributed by atoms with Crippen LogP contribution in [0.5, 0.6) is 0 Å². The molecule has 0 bridgehead atoms. The number of benzene rings is 1. The van der Waals surface area contributed by atoms with Crippen molar-refractivity contribution in [3.63, 3.8) is 0 Å². The van der Waals surface area contributed by atoms with E-state index in [4.69, 9.17) is 37.3 Å². The lowest BCUT2D eigenvalue weighted by molar-refractivity contribution is -2.00. The van der Waals surface area contributed by atoms with E-state index in [1.807, 2.05) is 66.2 Å². The molecule has 192 valence electrons. The molecule has 0 spiro atoms. The molecular formula is C21H25Cl2N3O9. The highest BCUT2D eigenvalue weighted by atomic mass is 35.7. The SMILES string of the molecule is CN(C)c1cc[n+](CC(O)C[n+]2ccc(-c3ccccc3)cc2)cc1.[O-][Cl+3]([O-])([O-])[O-].[O-][Cl+3]([O-])([O-])[O-]. The standard InChI is InChI=1S/C21H25N3O.2ClHO4/c1-22(2)20-10-14-24(15-11-20)17-21(25)16-23-12-8-19(9-13-23)18-6-4-3-5-7-18;2*2-1(3,4)5/h3-15,21,25H,16-17H2,1-2H3;2*(H,2,3,4,5)/q+2;;/p-2. The van der Waals surface area contributed by atoms with Crippen LogP contribution in [0.15, 0.2) is 79.4 Å². The Labute approximate surface area is 206 Å². The number of anilines is 1. The summed E-state index contributed by atoms with van der Waals surface area (Å²) in [5.74, 6) is 0. The Morgan fingerprint density at radius 2 is 1.00 bits per heavy atom. The van der Waals surface area contributed by atoms with Gasteiger partial charge in [0.15, 0.2) is 44.0 Å². The van der Waals surface area contributed by atoms with E-state index < -0.39 is 26.6 Å². The molecule has 0 aliphatic carbocycles. The lowest BCUT2D eigenvalue weighted by atomic mass is 10.1. The molecule has 1 N–H and O–H groups in total. The van der Waals surface area contributed by atoms with Gasteiger partial charge in [-0.15, -0.1) is 20.5 Å². The van der Waals surface area contributed by atoms with Crippen molar-refractivity contribution >= 4 is 5.69 Å². The van der Waals surface area contributed by atoms with Crippen molar-refractivity contribution in [2.45, 2.75) is 19.2 Å². The number of hydrogen-bond donors (Lipinski definition) is 1. The summed E-state index contributed by atoms with van der Waals surface area (Å²) in [6.07, 6.45) is 7.60. The fourth-order valence-electron chi connectivity index (χ4n) is 2.82. The molecule has 0 amide bonds. The number of aromatic nitrogens is 2. The molecule has 14 heteroatoms. The normalized spacial score (nSPS) is 12.0. The van der Waals surface area contributed by atoms with E-state index in [2.05, 4.69) is 41.3 Å². The molecule has 3 rings (SSSR count). The molecule has 2 heterocycles. The third-order valence-electron chi connectivity index (χ3n) is 4.23. The van der Waals surface area contributed by atoms with Crippen LogP contribution in [0.1, 0.15) is 0 Å². The number of rotatable bonds is 6. The minimum Gasteiger partial charge on any atom is -0.381 e. The largest absolute Gasteiger partial charge is 0.381 e. The molecule has 2 aromatic heterocycles. The Morgan fingerprint density at radius 3 is 1.37 bits per heavy atom. The molecule has 1 atom stereocenters. The second-order valence-corrected chi connectivity index (χ2v) is 8.72. The van der Waals surface area contributed by atoms with Crippen LogP contribution in [0.3, 0.4) is 0 Å². The maximum absolute atomic E-state index is 10.4. The van der Waals surface area contributed by atoms with Gasteiger partial charge in [-0.05, 0) is 11.1 Å². The van der Waals surface area contributed by atoms with Crippen LogP contribution in [0.25, 0.3) is 11.1 Å². The summed E-state index contributed by atoms with van der Waals surface area (Å²) in [5, 5.41) is 10.4. The van der Waals surface area contributed by atoms with E-state index in [0.717, 1.165) is 5.69 Å². The molecule has 12 nitrogen and oxygen atoms in total. The summed E-state index contributed by atoms with van der Waals surface area (Å²) in [6, 6.07) is 18.6. The Kier molecular flexibility index (Phi) is 12.4. The molecule has 35 heavy (non-hydrogen) atoms. The predicted octanol–water partition coefficient (Wildman–Crippen LogP) is -7.46. The highest BCUT2D eigenvalue weighted by Crippen LogP contribution is 2.16. The highest BCUT2D eigenvalue weighted by molar-refractivity contribution is 5.61. The summed E-state index contributed by atoms with van der Waals surface area (Å²) in [5.41, 5.74) is 3.53. The van der Waals surface area contributed by atoms with Gasteiger partial charge in [-0.1, -0.05) is 30.3 Å². The summed E-state index contributed by atoms with van der Waals surface area (Å²) < 4.78 is 72.0. The molecule has 3 aromatic rings. The van der Waals surface area contributed by atoms with Crippen LogP contribution in [0.4, 0.5) is 5.69 Å². The van der Waals surface area contributed by atoms with Crippen LogP contribution in [-0.4, -0.2) is 25.3 Å². The fourth-order valence-corrected chi connectivity index (χ4v) is 2.82. The monoisotopic (exact) mass is 533 g/mol. The number of nitrogens with zero attached hydrogens (tertiary/aromatic N) is 3. The van der Waals surface area contributed by atoms with Gasteiger partial charge in [-0.25, -0.2) is 46.4 Å². The topological polar surface area (TPSA) is 216 Å². The van der Waals surface area contributed by atoms with E-state index in [0.29, 0.717) is 13.1 Å². The molecule has 1 aromatic carbocycles. The van der Waals surface area contributed by atoms with Crippen LogP contribution >= 0.6 is 0 Å². The first kappa shape index (κ1) is 30.6. The second-order valence-electron chi connectivity index (χ2n) is 7.21. The zero-order chi connectivity index (χ0) is 26.6. The summed E-state index contributed by atoms with van der Waals surface area (Å²) in [4.78, 5) is 2.06. The maximum atomic E-state index is 10.4. The third-order valence-corrected chi connectivity index (χ3v) is 4.23. The maximum Gasteiger partial charge on any atom is 0.180 e. The summed E-state index contributed by atoms with van der Waals surface area (Å²) in [6.45, 7) is 1.14. The lowest BCUT2D eigenvalue weighted by Crippen LogP contribution is -2.68. The molecule has 0 aliphatic rings. The van der Waals surface area contributed by atoms with Gasteiger partial charge in [0, 0.05) is 44.0 Å². The van der Waals surface area contributed by atoms with Gasteiger partial charge in [-0.3, -0.25) is 0 Å². The second kappa shape index (κ2) is 14.2. The fraction of sp³-hybridized carbons (Fsp3) is 0.238. The third kappa shape index (κ3) is 15.9. The molecule has 0 saturated carbocycles. The molecule has 0 aliphatic heterocycles. The Hall–Kier alpha value is -2.46. The Bertz CT molecular complexity index is 958. The lowest BCUT2D eigenvalue weighted by Gasteiger charge is -2.17. The van der Waals surface area contributed by atoms with Gasteiger partial charge in [0.2, 0.25) is 0 Å². The Morgan fingerprint density at radius 1 is 0.657 bits per heavy atom. The minimum absolute atomic E-state index is 0.442. The minimum atomic E-state index is -4.94. The van der Waals surface area contributed by atoms with Gasteiger partial charge in [0.05, 0.1) is 0 Å². The molecular weight excluding hydrogens is 509 g/mol. The van der Waals surface area contributed by atoms with E-state index in [9.17, 15) is 5.11 Å². The summed E-state index contributed by atoms with van der Waals surface area (Å²) in [7, 11) is -5.85. The number of pyridine rings is 2. The van der Waals surface area contributed by atoms with Crippen molar-refractivity contribution in [1.82, 2.24) is 0 Å². The van der Waals surface area contributed by atoms with E-state index in [-0.39, 0.29) is 0 Å². The van der Waals surface area contributed by atoms with Gasteiger partial charge < -0.3 is 10.0 Å². The first-order valence-electron chi connectivity index (χ1n) is 9.74. The number of aliphatic hydroxyl groups excluding tert-OH is 1. The van der Waals surface area contributed by atoms with E-state index in [1.165, 1.54) is 11.1 Å². The molecule has 0 radical (unpaired) electrons. The number of aliphatic hydroxyl groups is 1.